The van der Waals surface area contributed by atoms with E-state index in [0.29, 0.717) is 18.0 Å². The van der Waals surface area contributed by atoms with Crippen LogP contribution in [0.2, 0.25) is 0 Å². The third kappa shape index (κ3) is 2.36. The number of hydrogen-bond acceptors (Lipinski definition) is 3. The molecule has 2 aliphatic rings. The minimum absolute atomic E-state index is 0.204. The van der Waals surface area contributed by atoms with Crippen LogP contribution in [0.3, 0.4) is 0 Å². The van der Waals surface area contributed by atoms with Crippen molar-refractivity contribution in [2.45, 2.75) is 37.9 Å². The fourth-order valence-corrected chi connectivity index (χ4v) is 4.36. The van der Waals surface area contributed by atoms with Gasteiger partial charge >= 0.3 is 0 Å². The van der Waals surface area contributed by atoms with E-state index in [-0.39, 0.29) is 5.92 Å². The van der Waals surface area contributed by atoms with Crippen LogP contribution in [0.15, 0.2) is 15.2 Å². The van der Waals surface area contributed by atoms with Gasteiger partial charge in [0, 0.05) is 25.7 Å². The maximum absolute atomic E-state index is 12.4. The van der Waals surface area contributed by atoms with Crippen LogP contribution >= 0.6 is 27.3 Å². The van der Waals surface area contributed by atoms with Gasteiger partial charge in [0.25, 0.3) is 0 Å². The Morgan fingerprint density at radius 2 is 2.44 bits per heavy atom. The number of thiophene rings is 1. The van der Waals surface area contributed by atoms with E-state index in [2.05, 4.69) is 32.7 Å². The maximum Gasteiger partial charge on any atom is 0.227 e. The van der Waals surface area contributed by atoms with Crippen molar-refractivity contribution in [3.8, 4) is 0 Å². The van der Waals surface area contributed by atoms with Gasteiger partial charge in [0.1, 0.15) is 0 Å². The average Bonchev–Trinajstić information content (AvgIpc) is 3.04. The molecule has 1 N–H and O–H groups in total. The number of carbonyl (C=O) groups excluding carboxylic acids is 1. The van der Waals surface area contributed by atoms with E-state index < -0.39 is 0 Å². The topological polar surface area (TPSA) is 32.3 Å². The molecular formula is C13H17BrN2OS. The van der Waals surface area contributed by atoms with Gasteiger partial charge in [0.2, 0.25) is 5.91 Å². The molecule has 0 saturated carbocycles. The first-order valence-electron chi connectivity index (χ1n) is 6.37. The summed E-state index contributed by atoms with van der Waals surface area (Å²) in [4.78, 5) is 14.3. The van der Waals surface area contributed by atoms with Gasteiger partial charge in [-0.2, -0.15) is 0 Å². The van der Waals surface area contributed by atoms with Crippen LogP contribution in [-0.2, 0) is 11.3 Å². The lowest BCUT2D eigenvalue weighted by Crippen LogP contribution is -2.38. The minimum Gasteiger partial charge on any atom is -0.341 e. The smallest absolute Gasteiger partial charge is 0.227 e. The summed E-state index contributed by atoms with van der Waals surface area (Å²) in [6.07, 6.45) is 3.44. The predicted octanol–water partition coefficient (Wildman–Crippen LogP) is 2.61. The molecule has 18 heavy (non-hydrogen) atoms. The quantitative estimate of drug-likeness (QED) is 0.925. The van der Waals surface area contributed by atoms with Crippen LogP contribution in [0.25, 0.3) is 0 Å². The van der Waals surface area contributed by atoms with Crippen molar-refractivity contribution in [1.82, 2.24) is 10.2 Å². The summed E-state index contributed by atoms with van der Waals surface area (Å²) in [5.74, 6) is 0.507. The second-order valence-electron chi connectivity index (χ2n) is 5.34. The molecule has 2 aliphatic heterocycles. The molecule has 0 aromatic carbocycles. The number of nitrogens with one attached hydrogen (secondary N) is 1. The lowest BCUT2D eigenvalue weighted by Gasteiger charge is -2.25. The number of fused-ring (bicyclic) bond motifs is 2. The molecule has 1 aromatic rings. The van der Waals surface area contributed by atoms with E-state index in [9.17, 15) is 4.79 Å². The molecule has 3 heterocycles. The van der Waals surface area contributed by atoms with Crippen LogP contribution in [0.1, 0.15) is 24.8 Å². The molecule has 98 valence electrons. The van der Waals surface area contributed by atoms with Crippen LogP contribution in [0, 0.1) is 5.92 Å². The molecule has 1 aromatic heterocycles. The van der Waals surface area contributed by atoms with Crippen molar-refractivity contribution in [3.63, 3.8) is 0 Å². The molecule has 0 radical (unpaired) electrons. The molecule has 2 bridgehead atoms. The zero-order valence-corrected chi connectivity index (χ0v) is 12.8. The number of rotatable bonds is 3. The summed E-state index contributed by atoms with van der Waals surface area (Å²) >= 11 is 5.13. The standard InChI is InChI=1S/C13H17BrN2OS/c1-16(6-8-4-12(14)18-7-8)13(17)10-5-9-2-3-11(10)15-9/h4,7,9-11,15H,2-3,5-6H2,1H3. The van der Waals surface area contributed by atoms with E-state index in [0.717, 1.165) is 16.8 Å². The highest BCUT2D eigenvalue weighted by atomic mass is 79.9. The minimum atomic E-state index is 0.204. The molecular weight excluding hydrogens is 312 g/mol. The highest BCUT2D eigenvalue weighted by Crippen LogP contribution is 2.34. The zero-order valence-electron chi connectivity index (χ0n) is 10.4. The SMILES string of the molecule is CN(Cc1csc(Br)c1)C(=O)C1CC2CCC1N2. The van der Waals surface area contributed by atoms with Gasteiger partial charge in [-0.3, -0.25) is 4.79 Å². The normalized spacial score (nSPS) is 29.8. The third-order valence-corrected chi connectivity index (χ3v) is 5.59. The Balaban J connectivity index is 1.62. The summed E-state index contributed by atoms with van der Waals surface area (Å²) in [6.45, 7) is 0.717. The van der Waals surface area contributed by atoms with Gasteiger partial charge in [0.15, 0.2) is 0 Å². The Hall–Kier alpha value is -0.390. The van der Waals surface area contributed by atoms with E-state index in [4.69, 9.17) is 0 Å². The van der Waals surface area contributed by atoms with Gasteiger partial charge in [0.05, 0.1) is 9.70 Å². The summed E-state index contributed by atoms with van der Waals surface area (Å²) < 4.78 is 1.12. The highest BCUT2D eigenvalue weighted by Gasteiger charge is 2.43. The van der Waals surface area contributed by atoms with E-state index in [1.54, 1.807) is 11.3 Å². The molecule has 0 aliphatic carbocycles. The Morgan fingerprint density at radius 1 is 1.61 bits per heavy atom. The molecule has 0 spiro atoms. The first-order valence-corrected chi connectivity index (χ1v) is 8.04. The van der Waals surface area contributed by atoms with Crippen molar-refractivity contribution >= 4 is 33.2 Å². The lowest BCUT2D eigenvalue weighted by atomic mass is 9.88. The van der Waals surface area contributed by atoms with Gasteiger partial charge in [-0.05, 0) is 52.2 Å². The fourth-order valence-electron chi connectivity index (χ4n) is 3.16. The summed E-state index contributed by atoms with van der Waals surface area (Å²) in [5.41, 5.74) is 1.21. The Kier molecular flexibility index (Phi) is 3.47. The summed E-state index contributed by atoms with van der Waals surface area (Å²) in [6, 6.07) is 3.11. The van der Waals surface area contributed by atoms with Gasteiger partial charge < -0.3 is 10.2 Å². The van der Waals surface area contributed by atoms with Gasteiger partial charge in [-0.1, -0.05) is 0 Å². The zero-order chi connectivity index (χ0) is 12.7. The van der Waals surface area contributed by atoms with Crippen LogP contribution in [0.4, 0.5) is 0 Å². The predicted molar refractivity (Wildman–Crippen MR) is 76.5 cm³/mol. The second kappa shape index (κ2) is 4.94. The molecule has 1 amide bonds. The first kappa shape index (κ1) is 12.6. The molecule has 3 nitrogen and oxygen atoms in total. The number of carbonyl (C=O) groups is 1. The Labute approximate surface area is 120 Å². The number of nitrogens with zero attached hydrogens (tertiary/aromatic N) is 1. The van der Waals surface area contributed by atoms with Crippen LogP contribution in [0.5, 0.6) is 0 Å². The van der Waals surface area contributed by atoms with Crippen LogP contribution in [-0.4, -0.2) is 29.9 Å². The highest BCUT2D eigenvalue weighted by molar-refractivity contribution is 9.11. The molecule has 3 rings (SSSR count). The maximum atomic E-state index is 12.4. The van der Waals surface area contributed by atoms with Crippen molar-refractivity contribution in [3.05, 3.63) is 20.8 Å². The molecule has 5 heteroatoms. The summed E-state index contributed by atoms with van der Waals surface area (Å²) in [7, 11) is 1.92. The van der Waals surface area contributed by atoms with Gasteiger partial charge in [-0.15, -0.1) is 11.3 Å². The van der Waals surface area contributed by atoms with E-state index in [1.165, 1.54) is 18.4 Å². The number of amides is 1. The lowest BCUT2D eigenvalue weighted by molar-refractivity contribution is -0.135. The molecule has 3 atom stereocenters. The molecule has 2 fully saturated rings. The average molecular weight is 329 g/mol. The Bertz CT molecular complexity index is 462. The first-order chi connectivity index (χ1) is 8.63. The van der Waals surface area contributed by atoms with Crippen molar-refractivity contribution in [2.24, 2.45) is 5.92 Å². The van der Waals surface area contributed by atoms with Crippen molar-refractivity contribution in [2.75, 3.05) is 7.05 Å². The molecule has 3 unspecified atom stereocenters. The van der Waals surface area contributed by atoms with Crippen LogP contribution < -0.4 is 5.32 Å². The number of hydrogen-bond donors (Lipinski definition) is 1. The van der Waals surface area contributed by atoms with Gasteiger partial charge in [-0.25, -0.2) is 0 Å². The fraction of sp³-hybridized carbons (Fsp3) is 0.615. The largest absolute Gasteiger partial charge is 0.341 e. The second-order valence-corrected chi connectivity index (χ2v) is 7.63. The van der Waals surface area contributed by atoms with E-state index in [1.807, 2.05) is 11.9 Å². The molecule has 2 saturated heterocycles. The van der Waals surface area contributed by atoms with Crippen molar-refractivity contribution < 1.29 is 4.79 Å². The summed E-state index contributed by atoms with van der Waals surface area (Å²) in [5, 5.41) is 5.63. The monoisotopic (exact) mass is 328 g/mol. The van der Waals surface area contributed by atoms with E-state index >= 15 is 0 Å². The Morgan fingerprint density at radius 3 is 3.00 bits per heavy atom. The number of halogens is 1. The van der Waals surface area contributed by atoms with Crippen molar-refractivity contribution in [1.29, 1.82) is 0 Å². The third-order valence-electron chi connectivity index (χ3n) is 4.03.